The molecule has 0 saturated carbocycles. The van der Waals surface area contributed by atoms with Crippen molar-refractivity contribution in [3.8, 4) is 0 Å². The molecule has 0 spiro atoms. The number of nitrogen functional groups attached to an aromatic ring is 1. The summed E-state index contributed by atoms with van der Waals surface area (Å²) in [6, 6.07) is 11.2. The summed E-state index contributed by atoms with van der Waals surface area (Å²) in [5.41, 5.74) is 9.66. The van der Waals surface area contributed by atoms with Crippen LogP contribution < -0.4 is 5.73 Å². The van der Waals surface area contributed by atoms with Gasteiger partial charge in [-0.05, 0) is 40.0 Å². The highest BCUT2D eigenvalue weighted by molar-refractivity contribution is 9.10. The first-order valence-electron chi connectivity index (χ1n) is 6.21. The Labute approximate surface area is 124 Å². The monoisotopic (exact) mass is 333 g/mol. The summed E-state index contributed by atoms with van der Waals surface area (Å²) in [5.74, 6) is 0.0733. The van der Waals surface area contributed by atoms with Crippen LogP contribution in [0.3, 0.4) is 0 Å². The Bertz CT molecular complexity index is 795. The van der Waals surface area contributed by atoms with Crippen LogP contribution in [0.1, 0.15) is 11.1 Å². The van der Waals surface area contributed by atoms with Gasteiger partial charge in [0.15, 0.2) is 0 Å². The minimum atomic E-state index is -0.316. The topological polar surface area (TPSA) is 43.8 Å². The second-order valence-electron chi connectivity index (χ2n) is 4.74. The van der Waals surface area contributed by atoms with E-state index in [1.165, 1.54) is 11.6 Å². The molecular formula is C15H13BrFN3. The van der Waals surface area contributed by atoms with Crippen LogP contribution in [0.2, 0.25) is 0 Å². The lowest BCUT2D eigenvalue weighted by atomic mass is 10.1. The lowest BCUT2D eigenvalue weighted by molar-refractivity contribution is 0.622. The number of benzene rings is 2. The number of rotatable bonds is 2. The van der Waals surface area contributed by atoms with Gasteiger partial charge in [-0.1, -0.05) is 24.3 Å². The van der Waals surface area contributed by atoms with Crippen molar-refractivity contribution >= 4 is 32.9 Å². The number of hydrogen-bond donors (Lipinski definition) is 1. The van der Waals surface area contributed by atoms with Gasteiger partial charge in [0.1, 0.15) is 5.82 Å². The highest BCUT2D eigenvalue weighted by atomic mass is 79.9. The van der Waals surface area contributed by atoms with Gasteiger partial charge in [-0.25, -0.2) is 9.37 Å². The van der Waals surface area contributed by atoms with Crippen LogP contribution in [0, 0.1) is 12.7 Å². The van der Waals surface area contributed by atoms with Crippen molar-refractivity contribution in [1.29, 1.82) is 0 Å². The number of hydrogen-bond acceptors (Lipinski definition) is 2. The number of aromatic nitrogens is 2. The average Bonchev–Trinajstić information content (AvgIpc) is 2.69. The smallest absolute Gasteiger partial charge is 0.201 e. The second-order valence-corrected chi connectivity index (χ2v) is 5.59. The molecule has 0 aliphatic rings. The number of aryl methyl sites for hydroxylation is 1. The summed E-state index contributed by atoms with van der Waals surface area (Å²) in [7, 11) is 0. The van der Waals surface area contributed by atoms with Crippen LogP contribution in [-0.2, 0) is 6.54 Å². The van der Waals surface area contributed by atoms with E-state index in [-0.39, 0.29) is 5.82 Å². The number of nitrogens with zero attached hydrogens (tertiary/aromatic N) is 2. The third-order valence-electron chi connectivity index (χ3n) is 3.41. The summed E-state index contributed by atoms with van der Waals surface area (Å²) >= 11 is 3.16. The summed E-state index contributed by atoms with van der Waals surface area (Å²) in [5, 5.41) is 0. The number of nitrogens with two attached hydrogens (primary N) is 1. The molecular weight excluding hydrogens is 321 g/mol. The maximum Gasteiger partial charge on any atom is 0.201 e. The lowest BCUT2D eigenvalue weighted by Gasteiger charge is -2.09. The summed E-state index contributed by atoms with van der Waals surface area (Å²) in [4.78, 5) is 4.28. The summed E-state index contributed by atoms with van der Waals surface area (Å²) in [6.07, 6.45) is 0. The van der Waals surface area contributed by atoms with Crippen molar-refractivity contribution in [2.45, 2.75) is 13.5 Å². The van der Waals surface area contributed by atoms with Crippen molar-refractivity contribution in [3.63, 3.8) is 0 Å². The van der Waals surface area contributed by atoms with Gasteiger partial charge in [0, 0.05) is 6.07 Å². The molecule has 0 saturated heterocycles. The van der Waals surface area contributed by atoms with Crippen LogP contribution in [0.25, 0.3) is 11.0 Å². The molecule has 0 aliphatic carbocycles. The van der Waals surface area contributed by atoms with E-state index in [1.807, 2.05) is 35.8 Å². The third kappa shape index (κ3) is 2.18. The normalized spacial score (nSPS) is 11.2. The lowest BCUT2D eigenvalue weighted by Crippen LogP contribution is -2.05. The summed E-state index contributed by atoms with van der Waals surface area (Å²) < 4.78 is 15.9. The Balaban J connectivity index is 2.14. The van der Waals surface area contributed by atoms with Crippen molar-refractivity contribution in [2.24, 2.45) is 0 Å². The molecule has 5 heteroatoms. The van der Waals surface area contributed by atoms with Gasteiger partial charge in [0.2, 0.25) is 5.95 Å². The number of fused-ring (bicyclic) bond motifs is 1. The van der Waals surface area contributed by atoms with E-state index >= 15 is 0 Å². The average molecular weight is 334 g/mol. The molecule has 1 heterocycles. The van der Waals surface area contributed by atoms with Crippen molar-refractivity contribution < 1.29 is 4.39 Å². The molecule has 0 radical (unpaired) electrons. The van der Waals surface area contributed by atoms with Crippen molar-refractivity contribution in [1.82, 2.24) is 9.55 Å². The van der Waals surface area contributed by atoms with Gasteiger partial charge in [-0.15, -0.1) is 0 Å². The predicted molar refractivity (Wildman–Crippen MR) is 82.1 cm³/mol. The molecule has 3 rings (SSSR count). The highest BCUT2D eigenvalue weighted by Crippen LogP contribution is 2.26. The molecule has 3 nitrogen and oxygen atoms in total. The Morgan fingerprint density at radius 3 is 2.80 bits per heavy atom. The molecule has 20 heavy (non-hydrogen) atoms. The Morgan fingerprint density at radius 1 is 1.30 bits per heavy atom. The van der Waals surface area contributed by atoms with Gasteiger partial charge < -0.3 is 10.3 Å². The molecule has 0 atom stereocenters. The fourth-order valence-corrected chi connectivity index (χ4v) is 2.59. The van der Waals surface area contributed by atoms with E-state index in [0.717, 1.165) is 5.56 Å². The Morgan fingerprint density at radius 2 is 2.05 bits per heavy atom. The number of halogens is 2. The Hall–Kier alpha value is -1.88. The third-order valence-corrected chi connectivity index (χ3v) is 4.02. The van der Waals surface area contributed by atoms with Crippen LogP contribution in [0.5, 0.6) is 0 Å². The van der Waals surface area contributed by atoms with E-state index in [2.05, 4.69) is 20.9 Å². The van der Waals surface area contributed by atoms with Gasteiger partial charge in [-0.2, -0.15) is 0 Å². The highest BCUT2D eigenvalue weighted by Gasteiger charge is 2.12. The zero-order valence-electron chi connectivity index (χ0n) is 10.9. The molecule has 0 aliphatic heterocycles. The molecule has 1 aromatic heterocycles. The van der Waals surface area contributed by atoms with E-state index < -0.39 is 0 Å². The van der Waals surface area contributed by atoms with Gasteiger partial charge in [0.05, 0.1) is 22.1 Å². The molecule has 0 unspecified atom stereocenters. The zero-order valence-corrected chi connectivity index (χ0v) is 12.5. The fourth-order valence-electron chi connectivity index (χ4n) is 2.26. The minimum absolute atomic E-state index is 0.316. The molecule has 0 amide bonds. The van der Waals surface area contributed by atoms with Crippen LogP contribution in [0.4, 0.5) is 10.3 Å². The van der Waals surface area contributed by atoms with E-state index in [0.29, 0.717) is 28.0 Å². The first-order chi connectivity index (χ1) is 9.56. The van der Waals surface area contributed by atoms with Crippen LogP contribution in [0.15, 0.2) is 40.9 Å². The Kier molecular flexibility index (Phi) is 3.22. The second kappa shape index (κ2) is 4.90. The fraction of sp³-hybridized carbons (Fsp3) is 0.133. The van der Waals surface area contributed by atoms with Crippen LogP contribution in [-0.4, -0.2) is 9.55 Å². The molecule has 3 aromatic rings. The molecule has 2 N–H and O–H groups in total. The van der Waals surface area contributed by atoms with Crippen molar-refractivity contribution in [3.05, 3.63) is 57.8 Å². The maximum atomic E-state index is 13.7. The summed E-state index contributed by atoms with van der Waals surface area (Å²) in [6.45, 7) is 2.62. The molecule has 2 aromatic carbocycles. The standard InChI is InChI=1S/C15H13BrFN3/c1-9-4-2-3-5-10(9)8-20-14-7-12(17)11(16)6-13(14)19-15(20)18/h2-7H,8H2,1H3,(H2,18,19). The molecule has 0 fully saturated rings. The van der Waals surface area contributed by atoms with E-state index in [1.54, 1.807) is 6.07 Å². The zero-order chi connectivity index (χ0) is 14.3. The first-order valence-corrected chi connectivity index (χ1v) is 7.01. The van der Waals surface area contributed by atoms with Gasteiger partial charge in [0.25, 0.3) is 0 Å². The van der Waals surface area contributed by atoms with E-state index in [4.69, 9.17) is 5.73 Å². The van der Waals surface area contributed by atoms with E-state index in [9.17, 15) is 4.39 Å². The molecule has 0 bridgehead atoms. The minimum Gasteiger partial charge on any atom is -0.369 e. The first kappa shape index (κ1) is 13.1. The SMILES string of the molecule is Cc1ccccc1Cn1c(N)nc2cc(Br)c(F)cc21. The largest absolute Gasteiger partial charge is 0.369 e. The maximum absolute atomic E-state index is 13.7. The molecule has 102 valence electrons. The van der Waals surface area contributed by atoms with Gasteiger partial charge >= 0.3 is 0 Å². The van der Waals surface area contributed by atoms with Crippen molar-refractivity contribution in [2.75, 3.05) is 5.73 Å². The van der Waals surface area contributed by atoms with Gasteiger partial charge in [-0.3, -0.25) is 0 Å². The number of imidazole rings is 1. The quantitative estimate of drug-likeness (QED) is 0.773. The van der Waals surface area contributed by atoms with Crippen LogP contribution >= 0.6 is 15.9 Å². The number of anilines is 1. The predicted octanol–water partition coefficient (Wildman–Crippen LogP) is 3.88.